The first kappa shape index (κ1) is 22.6. The SMILES string of the molecule is CC(Oc1cc(-c2ccc(C3COC4C(O)COC34C)nc2)cnc1N)c1cc(F)ccc1F. The molecule has 2 aliphatic heterocycles. The first-order valence-corrected chi connectivity index (χ1v) is 11.0. The molecule has 3 N–H and O–H groups in total. The van der Waals surface area contributed by atoms with Crippen LogP contribution in [0.25, 0.3) is 11.1 Å². The summed E-state index contributed by atoms with van der Waals surface area (Å²) in [6, 6.07) is 8.70. The van der Waals surface area contributed by atoms with Gasteiger partial charge in [-0.05, 0) is 44.2 Å². The Labute approximate surface area is 195 Å². The summed E-state index contributed by atoms with van der Waals surface area (Å²) in [5.74, 6) is -0.832. The van der Waals surface area contributed by atoms with Gasteiger partial charge in [-0.3, -0.25) is 4.98 Å². The van der Waals surface area contributed by atoms with Crippen molar-refractivity contribution < 1.29 is 28.1 Å². The second-order valence-corrected chi connectivity index (χ2v) is 8.87. The van der Waals surface area contributed by atoms with E-state index in [0.29, 0.717) is 12.2 Å². The number of halogens is 2. The zero-order valence-electron chi connectivity index (χ0n) is 18.7. The summed E-state index contributed by atoms with van der Waals surface area (Å²) in [5.41, 5.74) is 7.72. The van der Waals surface area contributed by atoms with E-state index in [0.717, 1.165) is 29.5 Å². The number of hydrogen-bond donors (Lipinski definition) is 2. The van der Waals surface area contributed by atoms with E-state index in [2.05, 4.69) is 9.97 Å². The predicted octanol–water partition coefficient (Wildman–Crippen LogP) is 3.78. The second kappa shape index (κ2) is 8.57. The van der Waals surface area contributed by atoms with Gasteiger partial charge in [-0.2, -0.15) is 0 Å². The van der Waals surface area contributed by atoms with Crippen molar-refractivity contribution in [3.8, 4) is 16.9 Å². The molecule has 5 unspecified atom stereocenters. The molecule has 7 nitrogen and oxygen atoms in total. The van der Waals surface area contributed by atoms with Crippen molar-refractivity contribution in [1.82, 2.24) is 9.97 Å². The van der Waals surface area contributed by atoms with Crippen LogP contribution in [0.1, 0.15) is 37.1 Å². The molecule has 5 atom stereocenters. The third-order valence-electron chi connectivity index (χ3n) is 6.67. The average molecular weight is 469 g/mol. The minimum absolute atomic E-state index is 0.0839. The van der Waals surface area contributed by atoms with E-state index in [1.165, 1.54) is 0 Å². The zero-order valence-corrected chi connectivity index (χ0v) is 18.7. The van der Waals surface area contributed by atoms with E-state index in [9.17, 15) is 13.9 Å². The summed E-state index contributed by atoms with van der Waals surface area (Å²) in [4.78, 5) is 8.81. The van der Waals surface area contributed by atoms with Crippen LogP contribution in [0.4, 0.5) is 14.6 Å². The van der Waals surface area contributed by atoms with Gasteiger partial charge in [0.2, 0.25) is 0 Å². The number of aliphatic hydroxyl groups is 1. The van der Waals surface area contributed by atoms with E-state index < -0.39 is 29.4 Å². The van der Waals surface area contributed by atoms with Crippen LogP contribution in [0.15, 0.2) is 48.8 Å². The molecule has 178 valence electrons. The number of ether oxygens (including phenoxy) is 3. The number of pyridine rings is 2. The molecule has 9 heteroatoms. The Hall–Kier alpha value is -3.14. The van der Waals surface area contributed by atoms with Crippen molar-refractivity contribution >= 4 is 5.82 Å². The molecule has 1 aromatic carbocycles. The van der Waals surface area contributed by atoms with Crippen molar-refractivity contribution in [1.29, 1.82) is 0 Å². The first-order valence-electron chi connectivity index (χ1n) is 11.0. The molecule has 34 heavy (non-hydrogen) atoms. The molecule has 5 rings (SSSR count). The van der Waals surface area contributed by atoms with E-state index in [-0.39, 0.29) is 35.8 Å². The quantitative estimate of drug-likeness (QED) is 0.587. The predicted molar refractivity (Wildman–Crippen MR) is 120 cm³/mol. The summed E-state index contributed by atoms with van der Waals surface area (Å²) in [6.07, 6.45) is 1.51. The topological polar surface area (TPSA) is 99.7 Å². The number of aliphatic hydroxyl groups excluding tert-OH is 1. The molecule has 4 heterocycles. The number of anilines is 1. The van der Waals surface area contributed by atoms with Gasteiger partial charge in [0.1, 0.15) is 35.5 Å². The van der Waals surface area contributed by atoms with Gasteiger partial charge in [-0.15, -0.1) is 0 Å². The van der Waals surface area contributed by atoms with Crippen molar-refractivity contribution in [2.75, 3.05) is 18.9 Å². The molecule has 2 fully saturated rings. The summed E-state index contributed by atoms with van der Waals surface area (Å²) in [5, 5.41) is 10.1. The second-order valence-electron chi connectivity index (χ2n) is 8.87. The van der Waals surface area contributed by atoms with Crippen LogP contribution >= 0.6 is 0 Å². The Morgan fingerprint density at radius 1 is 1.12 bits per heavy atom. The molecule has 2 saturated heterocycles. The molecular weight excluding hydrogens is 444 g/mol. The maximum absolute atomic E-state index is 14.1. The van der Waals surface area contributed by atoms with Crippen LogP contribution in [0, 0.1) is 11.6 Å². The third-order valence-corrected chi connectivity index (χ3v) is 6.67. The van der Waals surface area contributed by atoms with Crippen LogP contribution < -0.4 is 10.5 Å². The number of rotatable bonds is 5. The highest BCUT2D eigenvalue weighted by molar-refractivity contribution is 5.66. The largest absolute Gasteiger partial charge is 0.482 e. The summed E-state index contributed by atoms with van der Waals surface area (Å²) < 4.78 is 45.2. The maximum atomic E-state index is 14.1. The summed E-state index contributed by atoms with van der Waals surface area (Å²) >= 11 is 0. The lowest BCUT2D eigenvalue weighted by atomic mass is 9.84. The van der Waals surface area contributed by atoms with Crippen LogP contribution in [0.3, 0.4) is 0 Å². The molecule has 3 aromatic rings. The average Bonchev–Trinajstić information content (AvgIpc) is 3.32. The molecular formula is C25H25F2N3O4. The van der Waals surface area contributed by atoms with Crippen molar-refractivity contribution in [2.45, 2.75) is 43.7 Å². The number of aromatic nitrogens is 2. The number of nitrogens with zero attached hydrogens (tertiary/aromatic N) is 2. The van der Waals surface area contributed by atoms with Gasteiger partial charge in [0.15, 0.2) is 11.6 Å². The number of fused-ring (bicyclic) bond motifs is 1. The highest BCUT2D eigenvalue weighted by Gasteiger charge is 2.57. The Balaban J connectivity index is 1.37. The molecule has 0 bridgehead atoms. The first-order chi connectivity index (χ1) is 16.3. The minimum Gasteiger partial charge on any atom is -0.482 e. The molecule has 2 aromatic heterocycles. The number of hydrogen-bond acceptors (Lipinski definition) is 7. The van der Waals surface area contributed by atoms with Gasteiger partial charge in [0, 0.05) is 34.8 Å². The van der Waals surface area contributed by atoms with Crippen molar-refractivity contribution in [3.05, 3.63) is 71.7 Å². The lowest BCUT2D eigenvalue weighted by Crippen LogP contribution is -2.40. The van der Waals surface area contributed by atoms with Gasteiger partial charge in [-0.25, -0.2) is 13.8 Å². The van der Waals surface area contributed by atoms with E-state index >= 15 is 0 Å². The van der Waals surface area contributed by atoms with Crippen LogP contribution in [-0.2, 0) is 9.47 Å². The molecule has 0 aliphatic carbocycles. The van der Waals surface area contributed by atoms with E-state index in [4.69, 9.17) is 19.9 Å². The lowest BCUT2D eigenvalue weighted by molar-refractivity contribution is -0.0193. The fourth-order valence-corrected chi connectivity index (χ4v) is 4.71. The van der Waals surface area contributed by atoms with Gasteiger partial charge < -0.3 is 25.1 Å². The Bertz CT molecular complexity index is 1210. The minimum atomic E-state index is -0.784. The van der Waals surface area contributed by atoms with Crippen LogP contribution in [-0.4, -0.2) is 46.1 Å². The van der Waals surface area contributed by atoms with Gasteiger partial charge >= 0.3 is 0 Å². The van der Waals surface area contributed by atoms with Gasteiger partial charge in [-0.1, -0.05) is 6.07 Å². The fraction of sp³-hybridized carbons (Fsp3) is 0.360. The molecule has 2 aliphatic rings. The van der Waals surface area contributed by atoms with Crippen LogP contribution in [0.2, 0.25) is 0 Å². The van der Waals surface area contributed by atoms with Crippen LogP contribution in [0.5, 0.6) is 5.75 Å². The summed E-state index contributed by atoms with van der Waals surface area (Å²) in [6.45, 7) is 4.21. The molecule has 0 spiro atoms. The number of nitrogens with two attached hydrogens (primary N) is 1. The van der Waals surface area contributed by atoms with Crippen molar-refractivity contribution in [2.24, 2.45) is 0 Å². The number of nitrogen functional groups attached to an aromatic ring is 1. The smallest absolute Gasteiger partial charge is 0.166 e. The molecule has 0 saturated carbocycles. The monoisotopic (exact) mass is 469 g/mol. The van der Waals surface area contributed by atoms with Gasteiger partial charge in [0.25, 0.3) is 0 Å². The third kappa shape index (κ3) is 3.89. The Morgan fingerprint density at radius 2 is 1.91 bits per heavy atom. The highest BCUT2D eigenvalue weighted by Crippen LogP contribution is 2.46. The highest BCUT2D eigenvalue weighted by atomic mass is 19.1. The lowest BCUT2D eigenvalue weighted by Gasteiger charge is -2.28. The fourth-order valence-electron chi connectivity index (χ4n) is 4.71. The Morgan fingerprint density at radius 3 is 2.68 bits per heavy atom. The van der Waals surface area contributed by atoms with E-state index in [1.807, 2.05) is 19.1 Å². The maximum Gasteiger partial charge on any atom is 0.166 e. The van der Waals surface area contributed by atoms with Crippen molar-refractivity contribution in [3.63, 3.8) is 0 Å². The Kier molecular flexibility index (Phi) is 5.71. The molecule has 0 radical (unpaired) electrons. The summed E-state index contributed by atoms with van der Waals surface area (Å²) in [7, 11) is 0. The number of benzene rings is 1. The molecule has 0 amide bonds. The standard InChI is InChI=1S/C25H25F2N3O4/c1-13(17-8-16(26)4-5-19(17)27)34-22-7-15(10-30-24(22)28)14-3-6-20(29-9-14)18-11-32-23-21(31)12-33-25(18,23)2/h3-10,13,18,21,23,31H,11-12H2,1-2H3,(H2,28,30). The zero-order chi connectivity index (χ0) is 24.0. The van der Waals surface area contributed by atoms with Gasteiger partial charge in [0.05, 0.1) is 19.1 Å². The normalized spacial score (nSPS) is 26.9. The van der Waals surface area contributed by atoms with E-state index in [1.54, 1.807) is 25.4 Å².